The van der Waals surface area contributed by atoms with Crippen molar-refractivity contribution < 1.29 is 14.3 Å². The fourth-order valence-electron chi connectivity index (χ4n) is 2.21. The first-order chi connectivity index (χ1) is 12.6. The molecular weight excluding hydrogens is 328 g/mol. The second-order valence-electron chi connectivity index (χ2n) is 6.23. The molecule has 5 heteroatoms. The Morgan fingerprint density at radius 3 is 2.54 bits per heavy atom. The molecule has 0 bridgehead atoms. The van der Waals surface area contributed by atoms with Gasteiger partial charge in [0.05, 0.1) is 19.4 Å². The van der Waals surface area contributed by atoms with Crippen LogP contribution in [0, 0.1) is 5.92 Å². The smallest absolute Gasteiger partial charge is 0.271 e. The molecule has 0 aliphatic heterocycles. The van der Waals surface area contributed by atoms with E-state index in [4.69, 9.17) is 9.47 Å². The number of para-hydroxylation sites is 1. The first-order valence-electron chi connectivity index (χ1n) is 8.88. The second kappa shape index (κ2) is 10.2. The highest BCUT2D eigenvalue weighted by atomic mass is 16.5. The molecule has 2 aromatic rings. The summed E-state index contributed by atoms with van der Waals surface area (Å²) >= 11 is 0. The van der Waals surface area contributed by atoms with Crippen LogP contribution in [0.4, 0.5) is 0 Å². The number of hydrogen-bond donors (Lipinski definition) is 1. The van der Waals surface area contributed by atoms with Crippen LogP contribution in [0.5, 0.6) is 11.5 Å². The molecule has 0 radical (unpaired) electrons. The number of rotatable bonds is 9. The van der Waals surface area contributed by atoms with Gasteiger partial charge < -0.3 is 9.47 Å². The molecule has 1 N–H and O–H groups in total. The summed E-state index contributed by atoms with van der Waals surface area (Å²) in [6, 6.07) is 14.6. The van der Waals surface area contributed by atoms with Gasteiger partial charge in [-0.15, -0.1) is 0 Å². The van der Waals surface area contributed by atoms with Crippen LogP contribution in [0.2, 0.25) is 0 Å². The Labute approximate surface area is 155 Å². The van der Waals surface area contributed by atoms with Gasteiger partial charge in [-0.25, -0.2) is 5.43 Å². The van der Waals surface area contributed by atoms with E-state index in [-0.39, 0.29) is 5.91 Å². The summed E-state index contributed by atoms with van der Waals surface area (Å²) in [5.74, 6) is 1.82. The number of carbonyl (C=O) groups excluding carboxylic acids is 1. The summed E-state index contributed by atoms with van der Waals surface area (Å²) in [7, 11) is 0. The Balaban J connectivity index is 1.89. The topological polar surface area (TPSA) is 59.9 Å². The number of ether oxygens (including phenoxy) is 2. The lowest BCUT2D eigenvalue weighted by Gasteiger charge is -2.08. The van der Waals surface area contributed by atoms with Crippen LogP contribution in [0.1, 0.15) is 43.1 Å². The largest absolute Gasteiger partial charge is 0.494 e. The average molecular weight is 354 g/mol. The van der Waals surface area contributed by atoms with Crippen LogP contribution in [0.3, 0.4) is 0 Å². The van der Waals surface area contributed by atoms with Gasteiger partial charge in [0.15, 0.2) is 0 Å². The summed E-state index contributed by atoms with van der Waals surface area (Å²) in [4.78, 5) is 12.2. The molecule has 0 saturated carbocycles. The van der Waals surface area contributed by atoms with Gasteiger partial charge in [0, 0.05) is 11.1 Å². The average Bonchev–Trinajstić information content (AvgIpc) is 2.63. The van der Waals surface area contributed by atoms with Crippen LogP contribution in [0.15, 0.2) is 53.6 Å². The number of benzene rings is 2. The van der Waals surface area contributed by atoms with Crippen molar-refractivity contribution in [3.63, 3.8) is 0 Å². The van der Waals surface area contributed by atoms with Gasteiger partial charge in [-0.1, -0.05) is 26.0 Å². The van der Waals surface area contributed by atoms with E-state index >= 15 is 0 Å². The number of nitrogens with zero attached hydrogens (tertiary/aromatic N) is 1. The summed E-state index contributed by atoms with van der Waals surface area (Å²) in [5.41, 5.74) is 3.86. The Kier molecular flexibility index (Phi) is 7.68. The molecule has 2 aromatic carbocycles. The first-order valence-corrected chi connectivity index (χ1v) is 8.88. The van der Waals surface area contributed by atoms with Gasteiger partial charge in [-0.3, -0.25) is 4.79 Å². The van der Waals surface area contributed by atoms with Crippen molar-refractivity contribution in [2.24, 2.45) is 11.0 Å². The molecule has 0 saturated heterocycles. The van der Waals surface area contributed by atoms with Crippen LogP contribution in [0.25, 0.3) is 0 Å². The van der Waals surface area contributed by atoms with E-state index in [0.717, 1.165) is 23.5 Å². The normalized spacial score (nSPS) is 10.9. The SMILES string of the molecule is CCOc1ccccc1/C=N/NC(=O)c1ccc(OCCC(C)C)cc1. The van der Waals surface area contributed by atoms with Gasteiger partial charge in [0.1, 0.15) is 11.5 Å². The van der Waals surface area contributed by atoms with Crippen molar-refractivity contribution in [2.75, 3.05) is 13.2 Å². The molecule has 138 valence electrons. The van der Waals surface area contributed by atoms with Crippen molar-refractivity contribution in [1.82, 2.24) is 5.43 Å². The van der Waals surface area contributed by atoms with Crippen molar-refractivity contribution in [3.8, 4) is 11.5 Å². The Morgan fingerprint density at radius 1 is 1.12 bits per heavy atom. The minimum Gasteiger partial charge on any atom is -0.494 e. The molecule has 26 heavy (non-hydrogen) atoms. The van der Waals surface area contributed by atoms with Gasteiger partial charge in [-0.05, 0) is 55.7 Å². The highest BCUT2D eigenvalue weighted by Gasteiger charge is 2.05. The molecular formula is C21H26N2O3. The van der Waals surface area contributed by atoms with Crippen molar-refractivity contribution in [3.05, 3.63) is 59.7 Å². The lowest BCUT2D eigenvalue weighted by molar-refractivity contribution is 0.0955. The van der Waals surface area contributed by atoms with E-state index in [1.54, 1.807) is 30.5 Å². The van der Waals surface area contributed by atoms with Crippen molar-refractivity contribution in [2.45, 2.75) is 27.2 Å². The van der Waals surface area contributed by atoms with Gasteiger partial charge in [0.25, 0.3) is 5.91 Å². The highest BCUT2D eigenvalue weighted by molar-refractivity contribution is 5.95. The zero-order valence-electron chi connectivity index (χ0n) is 15.6. The molecule has 0 spiro atoms. The lowest BCUT2D eigenvalue weighted by Crippen LogP contribution is -2.17. The highest BCUT2D eigenvalue weighted by Crippen LogP contribution is 2.16. The van der Waals surface area contributed by atoms with E-state index in [1.807, 2.05) is 31.2 Å². The maximum Gasteiger partial charge on any atom is 0.271 e. The van der Waals surface area contributed by atoms with E-state index in [2.05, 4.69) is 24.4 Å². The molecule has 0 aromatic heterocycles. The minimum atomic E-state index is -0.274. The third-order valence-corrected chi connectivity index (χ3v) is 3.67. The first kappa shape index (κ1) is 19.5. The standard InChI is InChI=1S/C21H26N2O3/c1-4-25-20-8-6-5-7-18(20)15-22-23-21(24)17-9-11-19(12-10-17)26-14-13-16(2)3/h5-12,15-16H,4,13-14H2,1-3H3,(H,23,24)/b22-15+. The number of amides is 1. The molecule has 5 nitrogen and oxygen atoms in total. The monoisotopic (exact) mass is 354 g/mol. The van der Waals surface area contributed by atoms with Crippen LogP contribution in [-0.4, -0.2) is 25.3 Å². The molecule has 1 amide bonds. The molecule has 0 atom stereocenters. The maximum atomic E-state index is 12.2. The lowest BCUT2D eigenvalue weighted by atomic mass is 10.1. The Hall–Kier alpha value is -2.82. The minimum absolute atomic E-state index is 0.274. The number of nitrogens with one attached hydrogen (secondary N) is 1. The van der Waals surface area contributed by atoms with E-state index < -0.39 is 0 Å². The second-order valence-corrected chi connectivity index (χ2v) is 6.23. The predicted octanol–water partition coefficient (Wildman–Crippen LogP) is 4.27. The maximum absolute atomic E-state index is 12.2. The third kappa shape index (κ3) is 6.24. The van der Waals surface area contributed by atoms with Gasteiger partial charge >= 0.3 is 0 Å². The molecule has 0 heterocycles. The van der Waals surface area contributed by atoms with Gasteiger partial charge in [0.2, 0.25) is 0 Å². The number of hydrazone groups is 1. The zero-order valence-corrected chi connectivity index (χ0v) is 15.6. The third-order valence-electron chi connectivity index (χ3n) is 3.67. The molecule has 0 unspecified atom stereocenters. The number of hydrogen-bond acceptors (Lipinski definition) is 4. The van der Waals surface area contributed by atoms with Crippen LogP contribution >= 0.6 is 0 Å². The zero-order chi connectivity index (χ0) is 18.8. The van der Waals surface area contributed by atoms with Crippen LogP contribution < -0.4 is 14.9 Å². The Bertz CT molecular complexity index is 724. The van der Waals surface area contributed by atoms with E-state index in [0.29, 0.717) is 24.7 Å². The quantitative estimate of drug-likeness (QED) is 0.540. The molecule has 0 fully saturated rings. The molecule has 2 rings (SSSR count). The molecule has 0 aliphatic rings. The van der Waals surface area contributed by atoms with Crippen molar-refractivity contribution in [1.29, 1.82) is 0 Å². The van der Waals surface area contributed by atoms with E-state index in [1.165, 1.54) is 0 Å². The fraction of sp³-hybridized carbons (Fsp3) is 0.333. The summed E-state index contributed by atoms with van der Waals surface area (Å²) in [6.45, 7) is 7.48. The van der Waals surface area contributed by atoms with Crippen LogP contribution in [-0.2, 0) is 0 Å². The summed E-state index contributed by atoms with van der Waals surface area (Å²) in [5, 5.41) is 4.02. The summed E-state index contributed by atoms with van der Waals surface area (Å²) in [6.07, 6.45) is 2.58. The van der Waals surface area contributed by atoms with Gasteiger partial charge in [-0.2, -0.15) is 5.10 Å². The fourth-order valence-corrected chi connectivity index (χ4v) is 2.21. The molecule has 0 aliphatic carbocycles. The summed E-state index contributed by atoms with van der Waals surface area (Å²) < 4.78 is 11.2. The van der Waals surface area contributed by atoms with E-state index in [9.17, 15) is 4.79 Å². The number of carbonyl (C=O) groups is 1. The predicted molar refractivity (Wildman–Crippen MR) is 104 cm³/mol. The Morgan fingerprint density at radius 2 is 1.85 bits per heavy atom. The van der Waals surface area contributed by atoms with Crippen molar-refractivity contribution >= 4 is 12.1 Å².